The summed E-state index contributed by atoms with van der Waals surface area (Å²) in [6.45, 7) is 6.45. The summed E-state index contributed by atoms with van der Waals surface area (Å²) in [7, 11) is 1.81. The smallest absolute Gasteiger partial charge is 0.122 e. The van der Waals surface area contributed by atoms with Gasteiger partial charge in [-0.25, -0.2) is 0 Å². The highest BCUT2D eigenvalue weighted by molar-refractivity contribution is 5.85. The molecule has 0 spiro atoms. The van der Waals surface area contributed by atoms with Gasteiger partial charge >= 0.3 is 0 Å². The van der Waals surface area contributed by atoms with Crippen LogP contribution in [-0.4, -0.2) is 55.7 Å². The molecule has 1 aliphatic heterocycles. The Bertz CT molecular complexity index is 599. The van der Waals surface area contributed by atoms with Crippen LogP contribution in [0.4, 0.5) is 0 Å². The molecule has 3 nitrogen and oxygen atoms in total. The van der Waals surface area contributed by atoms with E-state index in [9.17, 15) is 0 Å². The number of piperazine rings is 1. The average Bonchev–Trinajstić information content (AvgIpc) is 2.74. The van der Waals surface area contributed by atoms with Gasteiger partial charge in [-0.3, -0.25) is 4.90 Å². The van der Waals surface area contributed by atoms with E-state index >= 15 is 0 Å². The Morgan fingerprint density at radius 2 is 1.69 bits per heavy atom. The summed E-state index contributed by atoms with van der Waals surface area (Å²) in [6.07, 6.45) is 13.8. The number of hydrogen-bond acceptors (Lipinski definition) is 3. The van der Waals surface area contributed by atoms with Crippen molar-refractivity contribution in [1.82, 2.24) is 9.80 Å². The van der Waals surface area contributed by atoms with Crippen molar-refractivity contribution in [3.63, 3.8) is 0 Å². The number of ether oxygens (including phenoxy) is 1. The lowest BCUT2D eigenvalue weighted by atomic mass is 9.80. The van der Waals surface area contributed by atoms with Gasteiger partial charge in [0, 0.05) is 32.2 Å². The third-order valence-electron chi connectivity index (χ3n) is 7.33. The quantitative estimate of drug-likeness (QED) is 0.562. The van der Waals surface area contributed by atoms with Crippen LogP contribution in [0.1, 0.15) is 74.8 Å². The molecule has 0 aromatic heterocycles. The van der Waals surface area contributed by atoms with Crippen LogP contribution < -0.4 is 4.74 Å². The molecule has 1 saturated heterocycles. The minimum Gasteiger partial charge on any atom is -0.496 e. The van der Waals surface area contributed by atoms with Gasteiger partial charge in [0.2, 0.25) is 0 Å². The molecular weight excluding hydrogens is 403 g/mol. The van der Waals surface area contributed by atoms with Crippen molar-refractivity contribution in [3.05, 3.63) is 29.3 Å². The van der Waals surface area contributed by atoms with Gasteiger partial charge in [-0.2, -0.15) is 0 Å². The molecule has 2 aliphatic carbocycles. The molecule has 0 radical (unpaired) electrons. The van der Waals surface area contributed by atoms with Crippen molar-refractivity contribution in [3.8, 4) is 5.75 Å². The molecular formula is C24H40Cl2N2O. The van der Waals surface area contributed by atoms with Gasteiger partial charge in [-0.05, 0) is 74.6 Å². The van der Waals surface area contributed by atoms with E-state index in [1.807, 2.05) is 7.11 Å². The number of methoxy groups -OCH3 is 1. The van der Waals surface area contributed by atoms with E-state index in [0.29, 0.717) is 0 Å². The number of halogens is 2. The highest BCUT2D eigenvalue weighted by Crippen LogP contribution is 2.38. The maximum absolute atomic E-state index is 5.61. The Hall–Kier alpha value is -0.480. The van der Waals surface area contributed by atoms with Crippen molar-refractivity contribution in [2.45, 2.75) is 76.2 Å². The number of nitrogens with zero attached hydrogens (tertiary/aromatic N) is 2. The number of rotatable bonds is 6. The summed E-state index contributed by atoms with van der Waals surface area (Å²) in [4.78, 5) is 5.51. The van der Waals surface area contributed by atoms with Crippen LogP contribution in [0.25, 0.3) is 0 Å². The third-order valence-corrected chi connectivity index (χ3v) is 7.33. The summed E-state index contributed by atoms with van der Waals surface area (Å²) in [5.74, 6) is 1.85. The summed E-state index contributed by atoms with van der Waals surface area (Å²) < 4.78 is 5.61. The topological polar surface area (TPSA) is 15.7 Å². The number of benzene rings is 1. The Labute approximate surface area is 190 Å². The highest BCUT2D eigenvalue weighted by atomic mass is 35.5. The molecule has 3 aliphatic rings. The van der Waals surface area contributed by atoms with Crippen LogP contribution in [0, 0.1) is 0 Å². The largest absolute Gasteiger partial charge is 0.496 e. The fraction of sp³-hybridized carbons (Fsp3) is 0.750. The molecule has 0 bridgehead atoms. The second-order valence-corrected chi connectivity index (χ2v) is 8.93. The summed E-state index contributed by atoms with van der Waals surface area (Å²) in [5.41, 5.74) is 3.06. The Morgan fingerprint density at radius 3 is 2.41 bits per heavy atom. The predicted molar refractivity (Wildman–Crippen MR) is 127 cm³/mol. The Morgan fingerprint density at radius 1 is 0.931 bits per heavy atom. The van der Waals surface area contributed by atoms with Gasteiger partial charge in [0.25, 0.3) is 0 Å². The third kappa shape index (κ3) is 6.26. The number of fused-ring (bicyclic) bond motifs is 1. The lowest BCUT2D eigenvalue weighted by Gasteiger charge is -2.41. The SMILES string of the molecule is COc1cccc2c1CCCC2CCCN1CCN(C2CCCCC2)CC1.Cl.Cl. The van der Waals surface area contributed by atoms with Gasteiger partial charge in [0.15, 0.2) is 0 Å². The molecule has 166 valence electrons. The molecule has 2 fully saturated rings. The van der Waals surface area contributed by atoms with Crippen LogP contribution in [0.15, 0.2) is 18.2 Å². The van der Waals surface area contributed by atoms with Crippen molar-refractivity contribution in [2.75, 3.05) is 39.8 Å². The molecule has 5 heteroatoms. The molecule has 1 aromatic rings. The van der Waals surface area contributed by atoms with Crippen LogP contribution >= 0.6 is 24.8 Å². The van der Waals surface area contributed by atoms with E-state index in [4.69, 9.17) is 4.74 Å². The summed E-state index contributed by atoms with van der Waals surface area (Å²) in [6, 6.07) is 7.56. The van der Waals surface area contributed by atoms with Crippen LogP contribution in [0.3, 0.4) is 0 Å². The molecule has 1 atom stereocenters. The van der Waals surface area contributed by atoms with E-state index in [2.05, 4.69) is 28.0 Å². The van der Waals surface area contributed by atoms with E-state index in [0.717, 1.165) is 17.7 Å². The zero-order valence-corrected chi connectivity index (χ0v) is 19.7. The average molecular weight is 444 g/mol. The molecule has 29 heavy (non-hydrogen) atoms. The van der Waals surface area contributed by atoms with Gasteiger partial charge in [0.1, 0.15) is 5.75 Å². The first-order chi connectivity index (χ1) is 13.3. The molecule has 1 saturated carbocycles. The van der Waals surface area contributed by atoms with E-state index < -0.39 is 0 Å². The van der Waals surface area contributed by atoms with Gasteiger partial charge < -0.3 is 9.64 Å². The lowest BCUT2D eigenvalue weighted by molar-refractivity contribution is 0.0779. The van der Waals surface area contributed by atoms with E-state index in [1.54, 1.807) is 5.56 Å². The van der Waals surface area contributed by atoms with Gasteiger partial charge in [0.05, 0.1) is 7.11 Å². The van der Waals surface area contributed by atoms with Gasteiger partial charge in [-0.15, -0.1) is 24.8 Å². The second-order valence-electron chi connectivity index (χ2n) is 8.93. The number of hydrogen-bond donors (Lipinski definition) is 0. The lowest BCUT2D eigenvalue weighted by Crippen LogP contribution is -2.50. The van der Waals surface area contributed by atoms with Crippen molar-refractivity contribution >= 4 is 24.8 Å². The monoisotopic (exact) mass is 442 g/mol. The van der Waals surface area contributed by atoms with Crippen LogP contribution in [0.2, 0.25) is 0 Å². The molecule has 0 amide bonds. The van der Waals surface area contributed by atoms with E-state index in [1.165, 1.54) is 102 Å². The second kappa shape index (κ2) is 12.4. The van der Waals surface area contributed by atoms with Crippen LogP contribution in [0.5, 0.6) is 5.75 Å². The fourth-order valence-electron chi connectivity index (χ4n) is 5.76. The maximum atomic E-state index is 5.61. The van der Waals surface area contributed by atoms with Gasteiger partial charge in [-0.1, -0.05) is 31.4 Å². The first-order valence-corrected chi connectivity index (χ1v) is 11.5. The molecule has 1 aromatic carbocycles. The van der Waals surface area contributed by atoms with Crippen LogP contribution in [-0.2, 0) is 6.42 Å². The van der Waals surface area contributed by atoms with E-state index in [-0.39, 0.29) is 24.8 Å². The molecule has 1 heterocycles. The molecule has 1 unspecified atom stereocenters. The Kier molecular flexibility index (Phi) is 10.6. The fourth-order valence-corrected chi connectivity index (χ4v) is 5.76. The van der Waals surface area contributed by atoms with Crippen molar-refractivity contribution in [2.24, 2.45) is 0 Å². The molecule has 0 N–H and O–H groups in total. The predicted octanol–water partition coefficient (Wildman–Crippen LogP) is 5.69. The highest BCUT2D eigenvalue weighted by Gasteiger charge is 2.26. The van der Waals surface area contributed by atoms with Crippen molar-refractivity contribution in [1.29, 1.82) is 0 Å². The summed E-state index contributed by atoms with van der Waals surface area (Å²) in [5, 5.41) is 0. The zero-order valence-electron chi connectivity index (χ0n) is 18.1. The first-order valence-electron chi connectivity index (χ1n) is 11.5. The minimum absolute atomic E-state index is 0. The maximum Gasteiger partial charge on any atom is 0.122 e. The summed E-state index contributed by atoms with van der Waals surface area (Å²) >= 11 is 0. The minimum atomic E-state index is 0. The zero-order chi connectivity index (χ0) is 18.5. The normalized spacial score (nSPS) is 23.6. The molecule has 4 rings (SSSR count). The standard InChI is InChI=1S/C24H38N2O.2ClH/c1-27-24-14-6-12-22-20(8-5-13-23(22)24)9-7-15-25-16-18-26(19-17-25)21-10-3-2-4-11-21;;/h6,12,14,20-21H,2-5,7-11,13,15-19H2,1H3;2*1H. The van der Waals surface area contributed by atoms with Crippen molar-refractivity contribution < 1.29 is 4.74 Å². The first kappa shape index (κ1) is 24.8. The Balaban J connectivity index is 0.00000150.